The van der Waals surface area contributed by atoms with Crippen LogP contribution in [0.25, 0.3) is 0 Å². The minimum Gasteiger partial charge on any atom is -0.493 e. The molecule has 17 heavy (non-hydrogen) atoms. The van der Waals surface area contributed by atoms with Crippen LogP contribution in [0.15, 0.2) is 12.1 Å². The van der Waals surface area contributed by atoms with Gasteiger partial charge in [-0.05, 0) is 31.8 Å². The fraction of sp³-hybridized carbons (Fsp3) is 0.500. The van der Waals surface area contributed by atoms with Crippen molar-refractivity contribution in [2.24, 2.45) is 0 Å². The van der Waals surface area contributed by atoms with E-state index in [-0.39, 0.29) is 6.61 Å². The molecule has 1 aromatic carbocycles. The molecule has 0 saturated carbocycles. The molecule has 0 heterocycles. The van der Waals surface area contributed by atoms with E-state index in [2.05, 4.69) is 0 Å². The first-order chi connectivity index (χ1) is 8.08. The second-order valence-corrected chi connectivity index (χ2v) is 4.33. The fourth-order valence-corrected chi connectivity index (χ4v) is 1.62. The van der Waals surface area contributed by atoms with E-state index < -0.39 is 0 Å². The summed E-state index contributed by atoms with van der Waals surface area (Å²) in [6, 6.07) is 3.39. The standard InChI is InChI=1S/C12H18ClNO3/c1-14(2)4-5-17-12-10(13)6-9(8-15)7-11(12)16-3/h6-7,15H,4-5,8H2,1-3H3. The third-order valence-electron chi connectivity index (χ3n) is 2.26. The number of aliphatic hydroxyl groups excluding tert-OH is 1. The van der Waals surface area contributed by atoms with Gasteiger partial charge in [-0.2, -0.15) is 0 Å². The maximum Gasteiger partial charge on any atom is 0.179 e. The minimum atomic E-state index is -0.0753. The predicted octanol–water partition coefficient (Wildman–Crippen LogP) is 1.78. The molecule has 0 aliphatic rings. The van der Waals surface area contributed by atoms with Gasteiger partial charge in [0.05, 0.1) is 18.7 Å². The van der Waals surface area contributed by atoms with E-state index in [0.717, 1.165) is 6.54 Å². The zero-order valence-electron chi connectivity index (χ0n) is 10.4. The molecule has 0 unspecified atom stereocenters. The normalized spacial score (nSPS) is 10.7. The Labute approximate surface area is 107 Å². The van der Waals surface area contributed by atoms with Gasteiger partial charge in [-0.25, -0.2) is 0 Å². The Kier molecular flexibility index (Phi) is 5.55. The molecule has 0 aliphatic heterocycles. The zero-order valence-corrected chi connectivity index (χ0v) is 11.1. The molecule has 0 fully saturated rings. The summed E-state index contributed by atoms with van der Waals surface area (Å²) >= 11 is 6.08. The lowest BCUT2D eigenvalue weighted by atomic mass is 10.2. The number of methoxy groups -OCH3 is 1. The second kappa shape index (κ2) is 6.69. The number of halogens is 1. The van der Waals surface area contributed by atoms with Gasteiger partial charge in [0.1, 0.15) is 6.61 Å². The van der Waals surface area contributed by atoms with Crippen molar-refractivity contribution >= 4 is 11.6 Å². The molecule has 0 aliphatic carbocycles. The van der Waals surface area contributed by atoms with Crippen molar-refractivity contribution in [3.05, 3.63) is 22.7 Å². The van der Waals surface area contributed by atoms with Crippen LogP contribution in [0.2, 0.25) is 5.02 Å². The Balaban J connectivity index is 2.82. The Morgan fingerprint density at radius 2 is 2.06 bits per heavy atom. The van der Waals surface area contributed by atoms with Gasteiger partial charge in [-0.15, -0.1) is 0 Å². The van der Waals surface area contributed by atoms with Crippen molar-refractivity contribution in [3.8, 4) is 11.5 Å². The van der Waals surface area contributed by atoms with Crippen LogP contribution in [0.4, 0.5) is 0 Å². The number of hydrogen-bond donors (Lipinski definition) is 1. The highest BCUT2D eigenvalue weighted by atomic mass is 35.5. The van der Waals surface area contributed by atoms with Crippen LogP contribution in [-0.4, -0.2) is 44.4 Å². The summed E-state index contributed by atoms with van der Waals surface area (Å²) < 4.78 is 10.8. The molecule has 0 amide bonds. The molecular formula is C12H18ClNO3. The molecule has 0 bridgehead atoms. The Hall–Kier alpha value is -0.970. The summed E-state index contributed by atoms with van der Waals surface area (Å²) in [5.41, 5.74) is 0.701. The first kappa shape index (κ1) is 14.1. The van der Waals surface area contributed by atoms with Gasteiger partial charge < -0.3 is 19.5 Å². The van der Waals surface area contributed by atoms with Crippen LogP contribution in [0.3, 0.4) is 0 Å². The predicted molar refractivity (Wildman–Crippen MR) is 68.0 cm³/mol. The van der Waals surface area contributed by atoms with Crippen LogP contribution in [-0.2, 0) is 6.61 Å². The first-order valence-corrected chi connectivity index (χ1v) is 5.71. The Morgan fingerprint density at radius 3 is 2.59 bits per heavy atom. The van der Waals surface area contributed by atoms with E-state index >= 15 is 0 Å². The molecule has 0 atom stereocenters. The van der Waals surface area contributed by atoms with Crippen LogP contribution in [0.1, 0.15) is 5.56 Å². The average molecular weight is 260 g/mol. The quantitative estimate of drug-likeness (QED) is 0.846. The van der Waals surface area contributed by atoms with Crippen molar-refractivity contribution in [1.29, 1.82) is 0 Å². The average Bonchev–Trinajstić information content (AvgIpc) is 2.30. The largest absolute Gasteiger partial charge is 0.493 e. The molecule has 0 aromatic heterocycles. The summed E-state index contributed by atoms with van der Waals surface area (Å²) in [5, 5.41) is 9.51. The van der Waals surface area contributed by atoms with Gasteiger partial charge in [0.25, 0.3) is 0 Å². The summed E-state index contributed by atoms with van der Waals surface area (Å²) in [7, 11) is 5.49. The van der Waals surface area contributed by atoms with E-state index in [4.69, 9.17) is 26.2 Å². The lowest BCUT2D eigenvalue weighted by Gasteiger charge is -2.15. The molecule has 96 valence electrons. The minimum absolute atomic E-state index is 0.0753. The number of hydrogen-bond acceptors (Lipinski definition) is 4. The molecule has 0 radical (unpaired) electrons. The monoisotopic (exact) mass is 259 g/mol. The summed E-state index contributed by atoms with van der Waals surface area (Å²) in [6.45, 7) is 1.25. The molecule has 1 aromatic rings. The smallest absolute Gasteiger partial charge is 0.179 e. The SMILES string of the molecule is COc1cc(CO)cc(Cl)c1OCCN(C)C. The maximum atomic E-state index is 9.06. The Morgan fingerprint density at radius 1 is 1.35 bits per heavy atom. The van der Waals surface area contributed by atoms with Gasteiger partial charge >= 0.3 is 0 Å². The highest BCUT2D eigenvalue weighted by Gasteiger charge is 2.11. The lowest BCUT2D eigenvalue weighted by molar-refractivity contribution is 0.249. The molecule has 1 N–H and O–H groups in total. The number of aliphatic hydroxyl groups is 1. The summed E-state index contributed by atoms with van der Waals surface area (Å²) in [5.74, 6) is 1.06. The zero-order chi connectivity index (χ0) is 12.8. The van der Waals surface area contributed by atoms with Crippen molar-refractivity contribution < 1.29 is 14.6 Å². The molecule has 0 saturated heterocycles. The van der Waals surface area contributed by atoms with Gasteiger partial charge in [0.15, 0.2) is 11.5 Å². The van der Waals surface area contributed by atoms with Crippen LogP contribution in [0.5, 0.6) is 11.5 Å². The third-order valence-corrected chi connectivity index (χ3v) is 2.54. The number of benzene rings is 1. The van der Waals surface area contributed by atoms with Gasteiger partial charge in [0, 0.05) is 6.54 Å². The maximum absolute atomic E-state index is 9.06. The van der Waals surface area contributed by atoms with Crippen molar-refractivity contribution in [2.45, 2.75) is 6.61 Å². The van der Waals surface area contributed by atoms with E-state index in [1.807, 2.05) is 19.0 Å². The molecule has 4 nitrogen and oxygen atoms in total. The highest BCUT2D eigenvalue weighted by molar-refractivity contribution is 6.32. The number of rotatable bonds is 6. The fourth-order valence-electron chi connectivity index (χ4n) is 1.33. The first-order valence-electron chi connectivity index (χ1n) is 5.33. The van der Waals surface area contributed by atoms with E-state index in [0.29, 0.717) is 28.7 Å². The molecular weight excluding hydrogens is 242 g/mol. The summed E-state index contributed by atoms with van der Waals surface area (Å²) in [6.07, 6.45) is 0. The van der Waals surface area contributed by atoms with Gasteiger partial charge in [-0.1, -0.05) is 11.6 Å². The lowest BCUT2D eigenvalue weighted by Crippen LogP contribution is -2.19. The van der Waals surface area contributed by atoms with Crippen molar-refractivity contribution in [2.75, 3.05) is 34.4 Å². The molecule has 5 heteroatoms. The number of likely N-dealkylation sites (N-methyl/N-ethyl adjacent to an activating group) is 1. The highest BCUT2D eigenvalue weighted by Crippen LogP contribution is 2.36. The van der Waals surface area contributed by atoms with Crippen LogP contribution in [0, 0.1) is 0 Å². The van der Waals surface area contributed by atoms with E-state index in [1.54, 1.807) is 19.2 Å². The van der Waals surface area contributed by atoms with Crippen molar-refractivity contribution in [1.82, 2.24) is 4.90 Å². The van der Waals surface area contributed by atoms with Gasteiger partial charge in [-0.3, -0.25) is 0 Å². The molecule has 0 spiro atoms. The molecule has 1 rings (SSSR count). The van der Waals surface area contributed by atoms with E-state index in [1.165, 1.54) is 0 Å². The van der Waals surface area contributed by atoms with Gasteiger partial charge in [0.2, 0.25) is 0 Å². The number of nitrogens with zero attached hydrogens (tertiary/aromatic N) is 1. The van der Waals surface area contributed by atoms with Crippen LogP contribution >= 0.6 is 11.6 Å². The third kappa shape index (κ3) is 4.07. The Bertz CT molecular complexity index is 369. The van der Waals surface area contributed by atoms with E-state index in [9.17, 15) is 0 Å². The van der Waals surface area contributed by atoms with Crippen molar-refractivity contribution in [3.63, 3.8) is 0 Å². The second-order valence-electron chi connectivity index (χ2n) is 3.92. The number of ether oxygens (including phenoxy) is 2. The topological polar surface area (TPSA) is 41.9 Å². The summed E-state index contributed by atoms with van der Waals surface area (Å²) in [4.78, 5) is 2.02. The van der Waals surface area contributed by atoms with Crippen LogP contribution < -0.4 is 9.47 Å².